The third kappa shape index (κ3) is 3.83. The summed E-state index contributed by atoms with van der Waals surface area (Å²) in [5.41, 5.74) is 0. The molecule has 1 saturated heterocycles. The summed E-state index contributed by atoms with van der Waals surface area (Å²) in [5.74, 6) is 0. The Morgan fingerprint density at radius 2 is 1.95 bits per heavy atom. The second-order valence-corrected chi connectivity index (χ2v) is 7.12. The fraction of sp³-hybridized carbons (Fsp3) is 0.529. The van der Waals surface area contributed by atoms with Crippen LogP contribution in [0.2, 0.25) is 0 Å². The monoisotopic (exact) mass is 303 g/mol. The number of nitrogens with zero attached hydrogens (tertiary/aromatic N) is 2. The van der Waals surface area contributed by atoms with E-state index in [-0.39, 0.29) is 0 Å². The number of benzene rings is 1. The molecule has 0 bridgehead atoms. The Kier molecular flexibility index (Phi) is 4.91. The standard InChI is InChI=1S/C17H25N3S/c1-14(17-13-15-5-3-4-6-16(15)21-17)18-7-8-20-11-9-19(2)10-12-20/h3-6,13-14,18H,7-12H2,1-2H3. The topological polar surface area (TPSA) is 18.5 Å². The van der Waals surface area contributed by atoms with E-state index in [4.69, 9.17) is 0 Å². The van der Waals surface area contributed by atoms with E-state index in [9.17, 15) is 0 Å². The highest BCUT2D eigenvalue weighted by molar-refractivity contribution is 7.19. The molecule has 1 N–H and O–H groups in total. The van der Waals surface area contributed by atoms with Crippen molar-refractivity contribution in [2.45, 2.75) is 13.0 Å². The van der Waals surface area contributed by atoms with Gasteiger partial charge in [0.2, 0.25) is 0 Å². The van der Waals surface area contributed by atoms with Crippen molar-refractivity contribution in [3.05, 3.63) is 35.2 Å². The largest absolute Gasteiger partial charge is 0.308 e. The van der Waals surface area contributed by atoms with Gasteiger partial charge in [-0.15, -0.1) is 11.3 Å². The summed E-state index contributed by atoms with van der Waals surface area (Å²) in [5, 5.41) is 5.04. The summed E-state index contributed by atoms with van der Waals surface area (Å²) in [6.45, 7) is 9.31. The van der Waals surface area contributed by atoms with Crippen molar-refractivity contribution in [2.75, 3.05) is 46.3 Å². The Hall–Kier alpha value is -0.940. The lowest BCUT2D eigenvalue weighted by molar-refractivity contribution is 0.154. The molecule has 3 nitrogen and oxygen atoms in total. The number of hydrogen-bond donors (Lipinski definition) is 1. The average molecular weight is 303 g/mol. The molecular formula is C17H25N3S. The van der Waals surface area contributed by atoms with E-state index in [1.165, 1.54) is 41.1 Å². The highest BCUT2D eigenvalue weighted by Crippen LogP contribution is 2.29. The van der Waals surface area contributed by atoms with Gasteiger partial charge in [-0.3, -0.25) is 4.90 Å². The van der Waals surface area contributed by atoms with Crippen molar-refractivity contribution in [1.82, 2.24) is 15.1 Å². The maximum absolute atomic E-state index is 3.67. The Morgan fingerprint density at radius 3 is 2.71 bits per heavy atom. The van der Waals surface area contributed by atoms with Gasteiger partial charge in [-0.2, -0.15) is 0 Å². The third-order valence-electron chi connectivity index (χ3n) is 4.35. The number of nitrogens with one attached hydrogen (secondary N) is 1. The van der Waals surface area contributed by atoms with Crippen LogP contribution in [0.3, 0.4) is 0 Å². The van der Waals surface area contributed by atoms with Gasteiger partial charge in [0.05, 0.1) is 0 Å². The molecule has 0 saturated carbocycles. The van der Waals surface area contributed by atoms with Crippen LogP contribution in [-0.2, 0) is 0 Å². The molecule has 21 heavy (non-hydrogen) atoms. The fourth-order valence-corrected chi connectivity index (χ4v) is 3.92. The molecule has 0 amide bonds. The van der Waals surface area contributed by atoms with Gasteiger partial charge in [-0.05, 0) is 31.5 Å². The van der Waals surface area contributed by atoms with Gasteiger partial charge in [0.15, 0.2) is 0 Å². The summed E-state index contributed by atoms with van der Waals surface area (Å²) >= 11 is 1.91. The zero-order chi connectivity index (χ0) is 14.7. The molecule has 1 aromatic carbocycles. The van der Waals surface area contributed by atoms with Gasteiger partial charge in [0, 0.05) is 54.9 Å². The van der Waals surface area contributed by atoms with Crippen LogP contribution in [0.25, 0.3) is 10.1 Å². The quantitative estimate of drug-likeness (QED) is 0.916. The lowest BCUT2D eigenvalue weighted by Crippen LogP contribution is -2.46. The molecule has 1 atom stereocenters. The molecule has 114 valence electrons. The smallest absolute Gasteiger partial charge is 0.0386 e. The molecule has 0 radical (unpaired) electrons. The van der Waals surface area contributed by atoms with Crippen LogP contribution < -0.4 is 5.32 Å². The number of likely N-dealkylation sites (N-methyl/N-ethyl adjacent to an activating group) is 1. The van der Waals surface area contributed by atoms with E-state index in [0.717, 1.165) is 13.1 Å². The summed E-state index contributed by atoms with van der Waals surface area (Å²) in [6.07, 6.45) is 0. The zero-order valence-corrected chi connectivity index (χ0v) is 13.8. The van der Waals surface area contributed by atoms with E-state index in [1.54, 1.807) is 0 Å². The second kappa shape index (κ2) is 6.88. The number of fused-ring (bicyclic) bond motifs is 1. The zero-order valence-electron chi connectivity index (χ0n) is 13.0. The van der Waals surface area contributed by atoms with Crippen LogP contribution >= 0.6 is 11.3 Å². The van der Waals surface area contributed by atoms with E-state index >= 15 is 0 Å². The molecule has 2 heterocycles. The Labute approximate surface area is 131 Å². The van der Waals surface area contributed by atoms with E-state index in [2.05, 4.69) is 59.4 Å². The highest BCUT2D eigenvalue weighted by atomic mass is 32.1. The molecule has 4 heteroatoms. The SMILES string of the molecule is CC(NCCN1CCN(C)CC1)c1cc2ccccc2s1. The first-order valence-corrected chi connectivity index (χ1v) is 8.67. The van der Waals surface area contributed by atoms with Crippen LogP contribution in [0.4, 0.5) is 0 Å². The second-order valence-electron chi connectivity index (χ2n) is 6.01. The predicted molar refractivity (Wildman–Crippen MR) is 92.2 cm³/mol. The van der Waals surface area contributed by atoms with Crippen LogP contribution in [0.5, 0.6) is 0 Å². The molecule has 3 rings (SSSR count). The molecular weight excluding hydrogens is 278 g/mol. The summed E-state index contributed by atoms with van der Waals surface area (Å²) in [4.78, 5) is 6.41. The Balaban J connectivity index is 1.48. The van der Waals surface area contributed by atoms with Gasteiger partial charge < -0.3 is 10.2 Å². The minimum atomic E-state index is 0.440. The van der Waals surface area contributed by atoms with E-state index in [1.807, 2.05) is 11.3 Å². The van der Waals surface area contributed by atoms with Crippen molar-refractivity contribution < 1.29 is 0 Å². The van der Waals surface area contributed by atoms with Gasteiger partial charge >= 0.3 is 0 Å². The molecule has 0 spiro atoms. The lowest BCUT2D eigenvalue weighted by atomic mass is 10.2. The number of piperazine rings is 1. The minimum absolute atomic E-state index is 0.440. The molecule has 2 aromatic rings. The minimum Gasteiger partial charge on any atom is -0.308 e. The van der Waals surface area contributed by atoms with Crippen molar-refractivity contribution in [3.8, 4) is 0 Å². The fourth-order valence-electron chi connectivity index (χ4n) is 2.83. The molecule has 0 aliphatic carbocycles. The first kappa shape index (κ1) is 15.0. The summed E-state index contributed by atoms with van der Waals surface area (Å²) in [7, 11) is 2.21. The third-order valence-corrected chi connectivity index (χ3v) is 5.64. The van der Waals surface area contributed by atoms with Gasteiger partial charge in [-0.25, -0.2) is 0 Å². The van der Waals surface area contributed by atoms with Crippen LogP contribution in [0.1, 0.15) is 17.8 Å². The number of hydrogen-bond acceptors (Lipinski definition) is 4. The maximum atomic E-state index is 3.67. The first-order valence-electron chi connectivity index (χ1n) is 7.85. The van der Waals surface area contributed by atoms with Crippen molar-refractivity contribution in [2.24, 2.45) is 0 Å². The predicted octanol–water partition coefficient (Wildman–Crippen LogP) is 2.80. The van der Waals surface area contributed by atoms with Gasteiger partial charge in [0.1, 0.15) is 0 Å². The Bertz CT molecular complexity index is 539. The lowest BCUT2D eigenvalue weighted by Gasteiger charge is -2.32. The molecule has 1 aliphatic heterocycles. The van der Waals surface area contributed by atoms with Crippen molar-refractivity contribution >= 4 is 21.4 Å². The van der Waals surface area contributed by atoms with E-state index < -0.39 is 0 Å². The molecule has 1 unspecified atom stereocenters. The van der Waals surface area contributed by atoms with Crippen LogP contribution in [0.15, 0.2) is 30.3 Å². The van der Waals surface area contributed by atoms with Crippen LogP contribution in [0, 0.1) is 0 Å². The van der Waals surface area contributed by atoms with Gasteiger partial charge in [-0.1, -0.05) is 18.2 Å². The first-order chi connectivity index (χ1) is 10.2. The Morgan fingerprint density at radius 1 is 1.19 bits per heavy atom. The maximum Gasteiger partial charge on any atom is 0.0386 e. The van der Waals surface area contributed by atoms with E-state index in [0.29, 0.717) is 6.04 Å². The molecule has 1 aliphatic rings. The van der Waals surface area contributed by atoms with Crippen molar-refractivity contribution in [1.29, 1.82) is 0 Å². The van der Waals surface area contributed by atoms with Gasteiger partial charge in [0.25, 0.3) is 0 Å². The number of thiophene rings is 1. The number of rotatable bonds is 5. The normalized spacial score (nSPS) is 19.1. The molecule has 1 fully saturated rings. The molecule has 1 aromatic heterocycles. The average Bonchev–Trinajstić information content (AvgIpc) is 2.93. The van der Waals surface area contributed by atoms with Crippen molar-refractivity contribution in [3.63, 3.8) is 0 Å². The summed E-state index contributed by atoms with van der Waals surface area (Å²) < 4.78 is 1.39. The summed E-state index contributed by atoms with van der Waals surface area (Å²) in [6, 6.07) is 11.4. The highest BCUT2D eigenvalue weighted by Gasteiger charge is 2.14. The van der Waals surface area contributed by atoms with Crippen LogP contribution in [-0.4, -0.2) is 56.1 Å².